The van der Waals surface area contributed by atoms with Crippen molar-refractivity contribution < 1.29 is 42.9 Å². The summed E-state index contributed by atoms with van der Waals surface area (Å²) in [6.07, 6.45) is -4.68. The fraction of sp³-hybridized carbons (Fsp3) is 0.500. The van der Waals surface area contributed by atoms with E-state index in [1.54, 1.807) is 24.3 Å². The lowest BCUT2D eigenvalue weighted by molar-refractivity contribution is -0.257. The number of halogens is 1. The Morgan fingerprint density at radius 1 is 0.968 bits per heavy atom. The summed E-state index contributed by atoms with van der Waals surface area (Å²) in [5, 5.41) is 2.88. The first kappa shape index (κ1) is 24.4. The molecule has 0 aliphatic carbocycles. The van der Waals surface area contributed by atoms with Crippen LogP contribution in [0.4, 0.5) is 0 Å². The molecular weight excluding hydrogens is 434 g/mol. The highest BCUT2D eigenvalue weighted by molar-refractivity contribution is 6.32. The van der Waals surface area contributed by atoms with Crippen LogP contribution in [0.25, 0.3) is 0 Å². The van der Waals surface area contributed by atoms with Crippen molar-refractivity contribution in [3.05, 3.63) is 29.3 Å². The van der Waals surface area contributed by atoms with Crippen LogP contribution in [0.15, 0.2) is 24.3 Å². The number of carbonyl (C=O) groups excluding carboxylic acids is 4. The third-order valence-electron chi connectivity index (χ3n) is 4.15. The average Bonchev–Trinajstić information content (AvgIpc) is 2.65. The molecule has 1 saturated heterocycles. The van der Waals surface area contributed by atoms with E-state index in [4.69, 9.17) is 35.3 Å². The first-order chi connectivity index (χ1) is 14.6. The lowest BCUT2D eigenvalue weighted by atomic mass is 9.96. The van der Waals surface area contributed by atoms with Crippen LogP contribution in [0.3, 0.4) is 0 Å². The van der Waals surface area contributed by atoms with Gasteiger partial charge in [-0.05, 0) is 12.1 Å². The lowest BCUT2D eigenvalue weighted by Crippen LogP contribution is -2.67. The van der Waals surface area contributed by atoms with Crippen LogP contribution in [0.2, 0.25) is 5.02 Å². The van der Waals surface area contributed by atoms with Crippen molar-refractivity contribution in [2.24, 2.45) is 0 Å². The minimum Gasteiger partial charge on any atom is -0.463 e. The zero-order valence-electron chi connectivity index (χ0n) is 17.5. The predicted molar refractivity (Wildman–Crippen MR) is 106 cm³/mol. The van der Waals surface area contributed by atoms with Crippen LogP contribution in [0.1, 0.15) is 27.7 Å². The number of amides is 1. The second-order valence-electron chi connectivity index (χ2n) is 6.77. The van der Waals surface area contributed by atoms with Gasteiger partial charge in [0.1, 0.15) is 24.5 Å². The SMILES string of the molecule is CC(=O)N[C@@H]1[C@@H](Oc2ccccc2Cl)O[C@@H](COC(C)=O)[C@H](OC(C)=O)[C@H]1OC(C)=O. The number of hydrogen-bond donors (Lipinski definition) is 1. The highest BCUT2D eigenvalue weighted by atomic mass is 35.5. The quantitative estimate of drug-likeness (QED) is 0.477. The molecule has 0 radical (unpaired) electrons. The summed E-state index contributed by atoms with van der Waals surface area (Å²) in [6, 6.07) is 5.48. The number of rotatable bonds is 7. The Labute approximate surface area is 184 Å². The third kappa shape index (κ3) is 7.11. The first-order valence-electron chi connectivity index (χ1n) is 9.40. The van der Waals surface area contributed by atoms with E-state index in [0.29, 0.717) is 0 Å². The lowest BCUT2D eigenvalue weighted by Gasteiger charge is -2.44. The van der Waals surface area contributed by atoms with Crippen molar-refractivity contribution in [2.45, 2.75) is 58.3 Å². The van der Waals surface area contributed by atoms with Crippen LogP contribution in [-0.2, 0) is 38.1 Å². The van der Waals surface area contributed by atoms with Crippen LogP contribution in [0, 0.1) is 0 Å². The molecule has 10 nitrogen and oxygen atoms in total. The normalized spacial score (nSPS) is 25.1. The zero-order chi connectivity index (χ0) is 23.1. The number of hydrogen-bond acceptors (Lipinski definition) is 9. The molecule has 170 valence electrons. The van der Waals surface area contributed by atoms with E-state index in [-0.39, 0.29) is 17.4 Å². The molecule has 0 unspecified atom stereocenters. The van der Waals surface area contributed by atoms with E-state index in [9.17, 15) is 19.2 Å². The maximum Gasteiger partial charge on any atom is 0.303 e. The molecular formula is C20H24ClNO9. The van der Waals surface area contributed by atoms with Crippen molar-refractivity contribution in [1.29, 1.82) is 0 Å². The molecule has 5 atom stereocenters. The molecule has 1 aromatic rings. The molecule has 0 aromatic heterocycles. The maximum atomic E-state index is 11.9. The third-order valence-corrected chi connectivity index (χ3v) is 4.46. The Morgan fingerprint density at radius 3 is 2.13 bits per heavy atom. The van der Waals surface area contributed by atoms with E-state index < -0.39 is 54.5 Å². The summed E-state index contributed by atoms with van der Waals surface area (Å²) in [7, 11) is 0. The van der Waals surface area contributed by atoms with Crippen molar-refractivity contribution in [3.63, 3.8) is 0 Å². The minimum absolute atomic E-state index is 0.239. The van der Waals surface area contributed by atoms with Gasteiger partial charge in [-0.1, -0.05) is 23.7 Å². The number of nitrogens with one attached hydrogen (secondary N) is 1. The number of carbonyl (C=O) groups is 4. The average molecular weight is 458 g/mol. The van der Waals surface area contributed by atoms with Gasteiger partial charge in [0.25, 0.3) is 0 Å². The molecule has 1 heterocycles. The fourth-order valence-electron chi connectivity index (χ4n) is 3.06. The standard InChI is InChI=1S/C20H24ClNO9/c1-10(23)22-17-19(29-13(4)26)18(28-12(3)25)16(9-27-11(2)24)31-20(17)30-15-8-6-5-7-14(15)21/h5-8,16-20H,9H2,1-4H3,(H,22,23)/t16-,17-,18-,19-,20-/m0/s1. The smallest absolute Gasteiger partial charge is 0.303 e. The van der Waals surface area contributed by atoms with Gasteiger partial charge < -0.3 is 29.0 Å². The summed E-state index contributed by atoms with van der Waals surface area (Å²) in [4.78, 5) is 46.7. The Hall–Kier alpha value is -2.85. The van der Waals surface area contributed by atoms with Crippen molar-refractivity contribution in [3.8, 4) is 5.75 Å². The topological polar surface area (TPSA) is 126 Å². The van der Waals surface area contributed by atoms with Gasteiger partial charge >= 0.3 is 17.9 Å². The molecule has 0 saturated carbocycles. The van der Waals surface area contributed by atoms with Gasteiger partial charge in [-0.2, -0.15) is 0 Å². The van der Waals surface area contributed by atoms with E-state index >= 15 is 0 Å². The van der Waals surface area contributed by atoms with Crippen LogP contribution < -0.4 is 10.1 Å². The molecule has 11 heteroatoms. The van der Waals surface area contributed by atoms with Gasteiger partial charge in [0.15, 0.2) is 12.2 Å². The van der Waals surface area contributed by atoms with Gasteiger partial charge in [0, 0.05) is 27.7 Å². The summed E-state index contributed by atoms with van der Waals surface area (Å²) < 4.78 is 27.5. The molecule has 2 rings (SSSR count). The Morgan fingerprint density at radius 2 is 1.58 bits per heavy atom. The predicted octanol–water partition coefficient (Wildman–Crippen LogP) is 1.37. The molecule has 1 N–H and O–H groups in total. The van der Waals surface area contributed by atoms with E-state index in [1.807, 2.05) is 0 Å². The Kier molecular flexibility index (Phi) is 8.64. The first-order valence-corrected chi connectivity index (χ1v) is 9.77. The van der Waals surface area contributed by atoms with Gasteiger partial charge in [0.2, 0.25) is 12.2 Å². The molecule has 1 fully saturated rings. The molecule has 1 amide bonds. The molecule has 0 spiro atoms. The summed E-state index contributed by atoms with van der Waals surface area (Å²) in [5.41, 5.74) is 0. The highest BCUT2D eigenvalue weighted by Crippen LogP contribution is 2.31. The maximum absolute atomic E-state index is 11.9. The number of esters is 3. The number of ether oxygens (including phenoxy) is 5. The van der Waals surface area contributed by atoms with E-state index in [0.717, 1.165) is 13.8 Å². The van der Waals surface area contributed by atoms with Gasteiger partial charge in [-0.3, -0.25) is 19.2 Å². The minimum atomic E-state index is -1.22. The second-order valence-corrected chi connectivity index (χ2v) is 7.18. The van der Waals surface area contributed by atoms with Crippen molar-refractivity contribution in [2.75, 3.05) is 6.61 Å². The Balaban J connectivity index is 2.46. The van der Waals surface area contributed by atoms with E-state index in [2.05, 4.69) is 5.32 Å². The van der Waals surface area contributed by atoms with Crippen LogP contribution in [0.5, 0.6) is 5.75 Å². The highest BCUT2D eigenvalue weighted by Gasteiger charge is 2.52. The molecule has 1 aliphatic rings. The monoisotopic (exact) mass is 457 g/mol. The second kappa shape index (κ2) is 11.0. The molecule has 1 aliphatic heterocycles. The van der Waals surface area contributed by atoms with Crippen molar-refractivity contribution in [1.82, 2.24) is 5.32 Å². The van der Waals surface area contributed by atoms with Crippen molar-refractivity contribution >= 4 is 35.4 Å². The zero-order valence-corrected chi connectivity index (χ0v) is 18.2. The van der Waals surface area contributed by atoms with Gasteiger partial charge in [0.05, 0.1) is 5.02 Å². The Bertz CT molecular complexity index is 831. The summed E-state index contributed by atoms with van der Waals surface area (Å²) in [6.45, 7) is 4.46. The summed E-state index contributed by atoms with van der Waals surface area (Å²) >= 11 is 6.16. The van der Waals surface area contributed by atoms with Crippen LogP contribution >= 0.6 is 11.6 Å². The van der Waals surface area contributed by atoms with Crippen LogP contribution in [-0.4, -0.2) is 61.1 Å². The van der Waals surface area contributed by atoms with Gasteiger partial charge in [-0.15, -0.1) is 0 Å². The summed E-state index contributed by atoms with van der Waals surface area (Å²) in [5.74, 6) is -2.21. The molecule has 31 heavy (non-hydrogen) atoms. The largest absolute Gasteiger partial charge is 0.463 e. The molecule has 0 bridgehead atoms. The van der Waals surface area contributed by atoms with Gasteiger partial charge in [-0.25, -0.2) is 0 Å². The number of benzene rings is 1. The number of para-hydroxylation sites is 1. The molecule has 1 aromatic carbocycles. The van der Waals surface area contributed by atoms with E-state index in [1.165, 1.54) is 13.8 Å². The fourth-order valence-corrected chi connectivity index (χ4v) is 3.24.